The molecule has 212 valence electrons. The predicted octanol–water partition coefficient (Wildman–Crippen LogP) is 5.97. The van der Waals surface area contributed by atoms with Gasteiger partial charge in [0.2, 0.25) is 11.8 Å². The van der Waals surface area contributed by atoms with E-state index < -0.39 is 28.5 Å². The largest absolute Gasteiger partial charge is 0.352 e. The first-order valence-electron chi connectivity index (χ1n) is 13.3. The third-order valence-electron chi connectivity index (χ3n) is 7.25. The molecule has 1 fully saturated rings. The Labute approximate surface area is 246 Å². The molecule has 0 aromatic heterocycles. The van der Waals surface area contributed by atoms with E-state index in [4.69, 9.17) is 23.2 Å². The number of para-hydroxylation sites is 1. The lowest BCUT2D eigenvalue weighted by atomic mass is 10.1. The number of hydrogen-bond donors (Lipinski definition) is 1. The highest BCUT2D eigenvalue weighted by Gasteiger charge is 2.34. The van der Waals surface area contributed by atoms with Gasteiger partial charge in [0.25, 0.3) is 10.0 Å². The molecular weight excluding hydrogens is 569 g/mol. The van der Waals surface area contributed by atoms with E-state index in [1.54, 1.807) is 74.5 Å². The quantitative estimate of drug-likeness (QED) is 0.310. The molecule has 1 N–H and O–H groups in total. The molecule has 0 aliphatic heterocycles. The highest BCUT2D eigenvalue weighted by Crippen LogP contribution is 2.29. The summed E-state index contributed by atoms with van der Waals surface area (Å²) in [5.41, 5.74) is 1.54. The van der Waals surface area contributed by atoms with Crippen LogP contribution in [-0.2, 0) is 26.2 Å². The number of nitrogens with one attached hydrogen (secondary N) is 1. The molecule has 7 nitrogen and oxygen atoms in total. The highest BCUT2D eigenvalue weighted by molar-refractivity contribution is 7.92. The van der Waals surface area contributed by atoms with E-state index in [0.717, 1.165) is 30.0 Å². The second kappa shape index (κ2) is 13.1. The lowest BCUT2D eigenvalue weighted by molar-refractivity contribution is -0.139. The average molecular weight is 603 g/mol. The maximum absolute atomic E-state index is 14.1. The molecule has 1 aliphatic rings. The van der Waals surface area contributed by atoms with Gasteiger partial charge < -0.3 is 10.2 Å². The maximum atomic E-state index is 14.1. The Balaban J connectivity index is 1.72. The maximum Gasteiger partial charge on any atom is 0.264 e. The Morgan fingerprint density at radius 2 is 1.52 bits per heavy atom. The van der Waals surface area contributed by atoms with E-state index in [1.807, 2.05) is 0 Å². The van der Waals surface area contributed by atoms with Crippen LogP contribution in [-0.4, -0.2) is 43.8 Å². The topological polar surface area (TPSA) is 86.8 Å². The summed E-state index contributed by atoms with van der Waals surface area (Å²) >= 11 is 12.9. The molecule has 0 bridgehead atoms. The van der Waals surface area contributed by atoms with Gasteiger partial charge in [0.05, 0.1) is 10.6 Å². The number of halogens is 2. The van der Waals surface area contributed by atoms with E-state index in [1.165, 1.54) is 17.0 Å². The van der Waals surface area contributed by atoms with Crippen molar-refractivity contribution >= 4 is 50.7 Å². The summed E-state index contributed by atoms with van der Waals surface area (Å²) in [6, 6.07) is 19.1. The van der Waals surface area contributed by atoms with Gasteiger partial charge in [-0.05, 0) is 62.6 Å². The first-order chi connectivity index (χ1) is 19.1. The minimum atomic E-state index is -4.13. The third kappa shape index (κ3) is 6.79. The van der Waals surface area contributed by atoms with Crippen molar-refractivity contribution in [3.8, 4) is 0 Å². The summed E-state index contributed by atoms with van der Waals surface area (Å²) in [7, 11) is -4.13. The molecule has 0 saturated heterocycles. The zero-order valence-corrected chi connectivity index (χ0v) is 24.8. The Hall–Kier alpha value is -3.07. The lowest BCUT2D eigenvalue weighted by Gasteiger charge is -2.33. The van der Waals surface area contributed by atoms with Gasteiger partial charge in [-0.15, -0.1) is 0 Å². The second-order valence-electron chi connectivity index (χ2n) is 10.00. The number of aryl methyl sites for hydroxylation is 1. The zero-order chi connectivity index (χ0) is 28.9. The van der Waals surface area contributed by atoms with E-state index in [-0.39, 0.29) is 23.4 Å². The van der Waals surface area contributed by atoms with Crippen molar-refractivity contribution < 1.29 is 18.0 Å². The summed E-state index contributed by atoms with van der Waals surface area (Å²) in [5, 5.41) is 3.75. The number of carbonyl (C=O) groups is 2. The van der Waals surface area contributed by atoms with Crippen molar-refractivity contribution in [1.82, 2.24) is 10.2 Å². The van der Waals surface area contributed by atoms with Crippen molar-refractivity contribution in [2.45, 2.75) is 63.1 Å². The number of sulfonamides is 1. The summed E-state index contributed by atoms with van der Waals surface area (Å²) in [6.07, 6.45) is 3.86. The molecule has 1 atom stereocenters. The van der Waals surface area contributed by atoms with Crippen LogP contribution < -0.4 is 9.62 Å². The number of carbonyl (C=O) groups excluding carboxylic acids is 2. The first kappa shape index (κ1) is 29.9. The summed E-state index contributed by atoms with van der Waals surface area (Å²) in [5.74, 6) is -0.871. The zero-order valence-electron chi connectivity index (χ0n) is 22.5. The van der Waals surface area contributed by atoms with Crippen LogP contribution in [0.5, 0.6) is 0 Å². The molecule has 0 radical (unpaired) electrons. The molecule has 0 unspecified atom stereocenters. The molecule has 0 spiro atoms. The lowest BCUT2D eigenvalue weighted by Crippen LogP contribution is -2.52. The van der Waals surface area contributed by atoms with Crippen LogP contribution in [0.3, 0.4) is 0 Å². The normalized spacial score (nSPS) is 14.5. The van der Waals surface area contributed by atoms with Crippen LogP contribution in [0.4, 0.5) is 5.69 Å². The average Bonchev–Trinajstić information content (AvgIpc) is 3.45. The Morgan fingerprint density at radius 3 is 2.15 bits per heavy atom. The van der Waals surface area contributed by atoms with Crippen molar-refractivity contribution in [2.75, 3.05) is 10.8 Å². The Morgan fingerprint density at radius 1 is 0.925 bits per heavy atom. The molecule has 1 aliphatic carbocycles. The minimum Gasteiger partial charge on any atom is -0.352 e. The molecule has 2 amide bonds. The molecule has 0 heterocycles. The van der Waals surface area contributed by atoms with Crippen LogP contribution in [0.15, 0.2) is 77.7 Å². The smallest absolute Gasteiger partial charge is 0.264 e. The van der Waals surface area contributed by atoms with Crippen molar-refractivity contribution in [1.29, 1.82) is 0 Å². The summed E-state index contributed by atoms with van der Waals surface area (Å²) in [4.78, 5) is 28.8. The van der Waals surface area contributed by atoms with E-state index in [9.17, 15) is 18.0 Å². The van der Waals surface area contributed by atoms with Crippen LogP contribution in [0.1, 0.15) is 43.7 Å². The number of benzene rings is 3. The first-order valence-corrected chi connectivity index (χ1v) is 15.5. The summed E-state index contributed by atoms with van der Waals surface area (Å²) in [6.45, 7) is 2.83. The molecule has 4 rings (SSSR count). The van der Waals surface area contributed by atoms with Crippen LogP contribution in [0, 0.1) is 6.92 Å². The van der Waals surface area contributed by atoms with Gasteiger partial charge in [-0.25, -0.2) is 8.42 Å². The minimum absolute atomic E-state index is 0.0535. The van der Waals surface area contributed by atoms with E-state index in [0.29, 0.717) is 26.9 Å². The van der Waals surface area contributed by atoms with Gasteiger partial charge in [-0.3, -0.25) is 13.9 Å². The number of hydrogen-bond acceptors (Lipinski definition) is 4. The fourth-order valence-electron chi connectivity index (χ4n) is 4.90. The van der Waals surface area contributed by atoms with Gasteiger partial charge in [0, 0.05) is 28.2 Å². The molecule has 3 aromatic carbocycles. The van der Waals surface area contributed by atoms with Crippen LogP contribution >= 0.6 is 23.2 Å². The van der Waals surface area contributed by atoms with Gasteiger partial charge in [-0.2, -0.15) is 0 Å². The van der Waals surface area contributed by atoms with E-state index >= 15 is 0 Å². The fourth-order valence-corrected chi connectivity index (χ4v) is 6.92. The molecule has 10 heteroatoms. The van der Waals surface area contributed by atoms with Crippen LogP contribution in [0.25, 0.3) is 0 Å². The van der Waals surface area contributed by atoms with Gasteiger partial charge in [0.15, 0.2) is 0 Å². The summed E-state index contributed by atoms with van der Waals surface area (Å²) < 4.78 is 28.9. The monoisotopic (exact) mass is 601 g/mol. The number of nitrogens with zero attached hydrogens (tertiary/aromatic N) is 2. The standard InChI is InChI=1S/C30H33Cl2N3O4S/c1-21-11-6-9-18-28(21)35(40(38,39)24-14-4-3-5-15-24)20-29(36)34(19-25-26(31)16-10-17-27(25)32)22(2)30(37)33-23-12-7-8-13-23/h3-6,9-11,14-18,22-23H,7-8,12-13,19-20H2,1-2H3,(H,33,37)/t22-/m1/s1. The number of rotatable bonds is 10. The van der Waals surface area contributed by atoms with E-state index in [2.05, 4.69) is 5.32 Å². The van der Waals surface area contributed by atoms with Crippen molar-refractivity contribution in [3.63, 3.8) is 0 Å². The Kier molecular flexibility index (Phi) is 9.77. The van der Waals surface area contributed by atoms with Crippen molar-refractivity contribution in [2.24, 2.45) is 0 Å². The third-order valence-corrected chi connectivity index (χ3v) is 9.74. The van der Waals surface area contributed by atoms with Gasteiger partial charge >= 0.3 is 0 Å². The molecule has 1 saturated carbocycles. The predicted molar refractivity (Wildman–Crippen MR) is 159 cm³/mol. The highest BCUT2D eigenvalue weighted by atomic mass is 35.5. The Bertz CT molecular complexity index is 1440. The van der Waals surface area contributed by atoms with Gasteiger partial charge in [0.1, 0.15) is 12.6 Å². The fraction of sp³-hybridized carbons (Fsp3) is 0.333. The number of anilines is 1. The molecular formula is C30H33Cl2N3O4S. The number of amides is 2. The van der Waals surface area contributed by atoms with Crippen molar-refractivity contribution in [3.05, 3.63) is 94.0 Å². The second-order valence-corrected chi connectivity index (χ2v) is 12.7. The van der Waals surface area contributed by atoms with Crippen LogP contribution in [0.2, 0.25) is 10.0 Å². The van der Waals surface area contributed by atoms with Gasteiger partial charge in [-0.1, -0.05) is 78.5 Å². The SMILES string of the molecule is Cc1ccccc1N(CC(=O)N(Cc1c(Cl)cccc1Cl)[C@H](C)C(=O)NC1CCCC1)S(=O)(=O)c1ccccc1. The molecule has 3 aromatic rings. The molecule has 40 heavy (non-hydrogen) atoms.